The largest absolute Gasteiger partial charge is 0.347 e. The van der Waals surface area contributed by atoms with Crippen molar-refractivity contribution in [1.82, 2.24) is 19.9 Å². The van der Waals surface area contributed by atoms with Gasteiger partial charge in [0.1, 0.15) is 22.5 Å². The number of nitrogens with zero attached hydrogens (tertiary/aromatic N) is 3. The molecule has 0 aliphatic heterocycles. The van der Waals surface area contributed by atoms with Crippen molar-refractivity contribution in [3.8, 4) is 0 Å². The number of carbonyl (C=O) groups is 1. The van der Waals surface area contributed by atoms with Gasteiger partial charge < -0.3 is 5.32 Å². The molecule has 0 saturated heterocycles. The van der Waals surface area contributed by atoms with Crippen molar-refractivity contribution < 1.29 is 13.6 Å². The predicted molar refractivity (Wildman–Crippen MR) is 75.5 cm³/mol. The number of benzene rings is 1. The Balaban J connectivity index is 1.75. The van der Waals surface area contributed by atoms with Gasteiger partial charge in [-0.3, -0.25) is 4.79 Å². The van der Waals surface area contributed by atoms with Gasteiger partial charge in [0.2, 0.25) is 0 Å². The number of rotatable bonds is 3. The Bertz CT molecular complexity index is 845. The van der Waals surface area contributed by atoms with E-state index in [1.165, 1.54) is 10.7 Å². The molecule has 0 fully saturated rings. The van der Waals surface area contributed by atoms with Gasteiger partial charge in [-0.25, -0.2) is 18.3 Å². The summed E-state index contributed by atoms with van der Waals surface area (Å²) >= 11 is 5.75. The molecule has 5 nitrogen and oxygen atoms in total. The van der Waals surface area contributed by atoms with Gasteiger partial charge in [-0.15, -0.1) is 0 Å². The van der Waals surface area contributed by atoms with E-state index < -0.39 is 17.5 Å². The van der Waals surface area contributed by atoms with Crippen LogP contribution in [0.15, 0.2) is 36.5 Å². The smallest absolute Gasteiger partial charge is 0.271 e. The number of fused-ring (bicyclic) bond motifs is 1. The Morgan fingerprint density at radius 1 is 1.23 bits per heavy atom. The highest BCUT2D eigenvalue weighted by atomic mass is 35.5. The van der Waals surface area contributed by atoms with E-state index in [0.29, 0.717) is 11.2 Å². The van der Waals surface area contributed by atoms with Crippen LogP contribution in [0, 0.1) is 11.6 Å². The summed E-state index contributed by atoms with van der Waals surface area (Å²) in [6, 6.07) is 6.24. The van der Waals surface area contributed by atoms with E-state index in [2.05, 4.69) is 15.4 Å². The number of imidazole rings is 1. The summed E-state index contributed by atoms with van der Waals surface area (Å²) in [5, 5.41) is 6.77. The molecule has 3 aromatic rings. The predicted octanol–water partition coefficient (Wildman–Crippen LogP) is 2.59. The fraction of sp³-hybridized carbons (Fsp3) is 0.0714. The summed E-state index contributed by atoms with van der Waals surface area (Å²) in [6.45, 7) is -0.0183. The summed E-state index contributed by atoms with van der Waals surface area (Å²) in [5.41, 5.74) is 0.911. The minimum Gasteiger partial charge on any atom is -0.347 e. The Labute approximate surface area is 128 Å². The lowest BCUT2D eigenvalue weighted by molar-refractivity contribution is 0.0946. The van der Waals surface area contributed by atoms with Crippen LogP contribution in [0.3, 0.4) is 0 Å². The second-order valence-electron chi connectivity index (χ2n) is 4.55. The first-order valence-electron chi connectivity index (χ1n) is 6.26. The molecule has 1 aromatic carbocycles. The van der Waals surface area contributed by atoms with Crippen molar-refractivity contribution >= 4 is 23.2 Å². The van der Waals surface area contributed by atoms with Gasteiger partial charge in [-0.1, -0.05) is 11.6 Å². The SMILES string of the molecule is O=C(NCc1cc(F)cc(F)c1)c1cn2nc(Cl)ccc2n1. The number of nitrogens with one attached hydrogen (secondary N) is 1. The quantitative estimate of drug-likeness (QED) is 0.806. The molecular weight excluding hydrogens is 314 g/mol. The van der Waals surface area contributed by atoms with Crippen LogP contribution in [-0.2, 0) is 6.54 Å². The van der Waals surface area contributed by atoms with Gasteiger partial charge >= 0.3 is 0 Å². The van der Waals surface area contributed by atoms with Crippen molar-refractivity contribution in [2.24, 2.45) is 0 Å². The van der Waals surface area contributed by atoms with Crippen LogP contribution >= 0.6 is 11.6 Å². The highest BCUT2D eigenvalue weighted by Gasteiger charge is 2.11. The number of hydrogen-bond acceptors (Lipinski definition) is 3. The van der Waals surface area contributed by atoms with Gasteiger partial charge in [0.25, 0.3) is 5.91 Å². The fourth-order valence-corrected chi connectivity index (χ4v) is 2.10. The minimum atomic E-state index is -0.698. The monoisotopic (exact) mass is 322 g/mol. The number of aromatic nitrogens is 3. The highest BCUT2D eigenvalue weighted by Crippen LogP contribution is 2.10. The third kappa shape index (κ3) is 3.04. The summed E-state index contributed by atoms with van der Waals surface area (Å²) in [7, 11) is 0. The molecular formula is C14H9ClF2N4O. The first-order valence-corrected chi connectivity index (χ1v) is 6.64. The molecule has 0 aliphatic rings. The second kappa shape index (κ2) is 5.69. The number of carbonyl (C=O) groups excluding carboxylic acids is 1. The van der Waals surface area contributed by atoms with Crippen molar-refractivity contribution in [3.63, 3.8) is 0 Å². The Morgan fingerprint density at radius 3 is 2.68 bits per heavy atom. The molecule has 2 aromatic heterocycles. The molecule has 0 radical (unpaired) electrons. The zero-order valence-electron chi connectivity index (χ0n) is 11.1. The standard InChI is InChI=1S/C14H9ClF2N4O/c15-12-1-2-13-19-11(7-21(13)20-12)14(22)18-6-8-3-9(16)5-10(17)4-8/h1-5,7H,6H2,(H,18,22). The molecule has 0 saturated carbocycles. The molecule has 8 heteroatoms. The highest BCUT2D eigenvalue weighted by molar-refractivity contribution is 6.29. The average molecular weight is 323 g/mol. The molecule has 0 spiro atoms. The topological polar surface area (TPSA) is 59.3 Å². The van der Waals surface area contributed by atoms with Gasteiger partial charge in [0.05, 0.1) is 6.20 Å². The third-order valence-electron chi connectivity index (χ3n) is 2.90. The first-order chi connectivity index (χ1) is 10.5. The zero-order chi connectivity index (χ0) is 15.7. The van der Waals surface area contributed by atoms with E-state index in [1.54, 1.807) is 12.1 Å². The lowest BCUT2D eigenvalue weighted by Gasteiger charge is -2.03. The maximum Gasteiger partial charge on any atom is 0.271 e. The molecule has 112 valence electrons. The molecule has 3 rings (SSSR count). The Kier molecular flexibility index (Phi) is 3.72. The van der Waals surface area contributed by atoms with Crippen LogP contribution in [0.5, 0.6) is 0 Å². The maximum atomic E-state index is 13.1. The second-order valence-corrected chi connectivity index (χ2v) is 4.93. The third-order valence-corrected chi connectivity index (χ3v) is 3.10. The van der Waals surface area contributed by atoms with Crippen LogP contribution in [0.25, 0.3) is 5.65 Å². The molecule has 0 atom stereocenters. The summed E-state index contributed by atoms with van der Waals surface area (Å²) in [6.07, 6.45) is 1.42. The van der Waals surface area contributed by atoms with Crippen molar-refractivity contribution in [1.29, 1.82) is 0 Å². The van der Waals surface area contributed by atoms with Crippen LogP contribution in [-0.4, -0.2) is 20.5 Å². The lowest BCUT2D eigenvalue weighted by atomic mass is 10.2. The Hall–Kier alpha value is -2.54. The first kappa shape index (κ1) is 14.4. The molecule has 1 N–H and O–H groups in total. The molecule has 22 heavy (non-hydrogen) atoms. The van der Waals surface area contributed by atoms with Crippen LogP contribution in [0.4, 0.5) is 8.78 Å². The van der Waals surface area contributed by atoms with Crippen molar-refractivity contribution in [2.45, 2.75) is 6.54 Å². The van der Waals surface area contributed by atoms with E-state index in [9.17, 15) is 13.6 Å². The molecule has 0 aliphatic carbocycles. The summed E-state index contributed by atoms with van der Waals surface area (Å²) in [4.78, 5) is 16.1. The zero-order valence-corrected chi connectivity index (χ0v) is 11.8. The number of halogens is 3. The Morgan fingerprint density at radius 2 is 1.95 bits per heavy atom. The van der Waals surface area contributed by atoms with Crippen LogP contribution < -0.4 is 5.32 Å². The van der Waals surface area contributed by atoms with Crippen LogP contribution in [0.1, 0.15) is 16.1 Å². The maximum absolute atomic E-state index is 13.1. The number of amides is 1. The molecule has 0 bridgehead atoms. The molecule has 0 unspecified atom stereocenters. The van der Waals surface area contributed by atoms with E-state index in [-0.39, 0.29) is 17.4 Å². The summed E-state index contributed by atoms with van der Waals surface area (Å²) in [5.74, 6) is -1.88. The fourth-order valence-electron chi connectivity index (χ4n) is 1.95. The van der Waals surface area contributed by atoms with Crippen LogP contribution in [0.2, 0.25) is 5.15 Å². The van der Waals surface area contributed by atoms with E-state index in [0.717, 1.165) is 18.2 Å². The molecule has 1 amide bonds. The van der Waals surface area contributed by atoms with Gasteiger partial charge in [-0.2, -0.15) is 5.10 Å². The normalized spacial score (nSPS) is 10.9. The van der Waals surface area contributed by atoms with E-state index >= 15 is 0 Å². The van der Waals surface area contributed by atoms with Crippen molar-refractivity contribution in [2.75, 3.05) is 0 Å². The van der Waals surface area contributed by atoms with Crippen molar-refractivity contribution in [3.05, 3.63) is 64.6 Å². The summed E-state index contributed by atoms with van der Waals surface area (Å²) < 4.78 is 27.5. The minimum absolute atomic E-state index is 0.0183. The lowest BCUT2D eigenvalue weighted by Crippen LogP contribution is -2.23. The average Bonchev–Trinajstić information content (AvgIpc) is 2.86. The molecule has 2 heterocycles. The number of hydrogen-bond donors (Lipinski definition) is 1. The van der Waals surface area contributed by atoms with E-state index in [4.69, 9.17) is 11.6 Å². The van der Waals surface area contributed by atoms with Gasteiger partial charge in [0.15, 0.2) is 5.65 Å². The van der Waals surface area contributed by atoms with Gasteiger partial charge in [-0.05, 0) is 29.8 Å². The van der Waals surface area contributed by atoms with E-state index in [1.807, 2.05) is 0 Å². The van der Waals surface area contributed by atoms with Gasteiger partial charge in [0, 0.05) is 12.6 Å².